The predicted molar refractivity (Wildman–Crippen MR) is 123 cm³/mol. The highest BCUT2D eigenvalue weighted by atomic mass is 16.5. The molecule has 0 aliphatic carbocycles. The normalized spacial score (nSPS) is 16.3. The number of amides is 2. The first-order valence-electron chi connectivity index (χ1n) is 10.6. The predicted octanol–water partition coefficient (Wildman–Crippen LogP) is 3.74. The van der Waals surface area contributed by atoms with E-state index in [1.165, 1.54) is 21.3 Å². The Hall–Kier alpha value is -3.48. The molecule has 170 valence electrons. The standard InChI is InChI=1S/C25H30N2O5/c1-17-9-8-12-27(16-17)25(29)20(26-24(28)19-10-6-5-7-11-19)13-18-14-21(30-2)23(32-4)22(15-18)31-3/h5-7,10-11,13-15,17H,8-9,12,16H2,1-4H3,(H,26,28). The number of rotatable bonds is 7. The van der Waals surface area contributed by atoms with Gasteiger partial charge in [0.2, 0.25) is 5.75 Å². The molecule has 2 aromatic carbocycles. The first-order chi connectivity index (χ1) is 15.5. The average molecular weight is 439 g/mol. The number of nitrogens with one attached hydrogen (secondary N) is 1. The van der Waals surface area contributed by atoms with Crippen molar-refractivity contribution in [3.05, 3.63) is 59.3 Å². The zero-order chi connectivity index (χ0) is 23.1. The fourth-order valence-electron chi connectivity index (χ4n) is 3.83. The molecule has 7 heteroatoms. The Morgan fingerprint density at radius 2 is 1.69 bits per heavy atom. The maximum Gasteiger partial charge on any atom is 0.270 e. The van der Waals surface area contributed by atoms with Crippen LogP contribution < -0.4 is 19.5 Å². The number of hydrogen-bond acceptors (Lipinski definition) is 5. The highest BCUT2D eigenvalue weighted by Crippen LogP contribution is 2.38. The lowest BCUT2D eigenvalue weighted by molar-refractivity contribution is -0.129. The van der Waals surface area contributed by atoms with Crippen molar-refractivity contribution < 1.29 is 23.8 Å². The third kappa shape index (κ3) is 5.41. The van der Waals surface area contributed by atoms with Gasteiger partial charge in [-0.2, -0.15) is 0 Å². The second-order valence-corrected chi connectivity index (χ2v) is 7.84. The molecule has 2 amide bonds. The lowest BCUT2D eigenvalue weighted by atomic mass is 10.00. The van der Waals surface area contributed by atoms with E-state index in [4.69, 9.17) is 14.2 Å². The van der Waals surface area contributed by atoms with Gasteiger partial charge in [0.1, 0.15) is 5.70 Å². The number of ether oxygens (including phenoxy) is 3. The molecule has 1 aliphatic rings. The Kier molecular flexibility index (Phi) is 7.76. The molecule has 0 aromatic heterocycles. The molecule has 1 atom stereocenters. The molecule has 32 heavy (non-hydrogen) atoms. The monoisotopic (exact) mass is 438 g/mol. The molecule has 7 nitrogen and oxygen atoms in total. The van der Waals surface area contributed by atoms with Gasteiger partial charge in [-0.25, -0.2) is 0 Å². The van der Waals surface area contributed by atoms with Gasteiger partial charge in [0.05, 0.1) is 21.3 Å². The summed E-state index contributed by atoms with van der Waals surface area (Å²) in [4.78, 5) is 28.0. The molecule has 0 saturated carbocycles. The smallest absolute Gasteiger partial charge is 0.270 e. The highest BCUT2D eigenvalue weighted by molar-refractivity contribution is 6.05. The first-order valence-corrected chi connectivity index (χ1v) is 10.6. The maximum absolute atomic E-state index is 13.4. The van der Waals surface area contributed by atoms with E-state index in [1.807, 2.05) is 6.07 Å². The highest BCUT2D eigenvalue weighted by Gasteiger charge is 2.25. The fraction of sp³-hybridized carbons (Fsp3) is 0.360. The lowest BCUT2D eigenvalue weighted by Crippen LogP contribution is -2.43. The SMILES string of the molecule is COc1cc(C=C(NC(=O)c2ccccc2)C(=O)N2CCCC(C)C2)cc(OC)c1OC. The van der Waals surface area contributed by atoms with Gasteiger partial charge in [-0.1, -0.05) is 25.1 Å². The van der Waals surface area contributed by atoms with Crippen LogP contribution in [0.4, 0.5) is 0 Å². The molecule has 3 rings (SSSR count). The van der Waals surface area contributed by atoms with Gasteiger partial charge < -0.3 is 24.4 Å². The number of benzene rings is 2. The number of methoxy groups -OCH3 is 3. The number of likely N-dealkylation sites (tertiary alicyclic amines) is 1. The van der Waals surface area contributed by atoms with Crippen molar-refractivity contribution in [3.8, 4) is 17.2 Å². The second kappa shape index (κ2) is 10.7. The molecule has 0 bridgehead atoms. The Morgan fingerprint density at radius 1 is 1.03 bits per heavy atom. The topological polar surface area (TPSA) is 77.1 Å². The Balaban J connectivity index is 2.00. The summed E-state index contributed by atoms with van der Waals surface area (Å²) in [6.45, 7) is 3.45. The van der Waals surface area contributed by atoms with Crippen molar-refractivity contribution in [2.75, 3.05) is 34.4 Å². The van der Waals surface area contributed by atoms with Crippen LogP contribution in [0.15, 0.2) is 48.2 Å². The van der Waals surface area contributed by atoms with E-state index in [1.54, 1.807) is 47.4 Å². The van der Waals surface area contributed by atoms with Crippen LogP contribution in [0.2, 0.25) is 0 Å². The molecule has 1 saturated heterocycles. The molecule has 1 fully saturated rings. The second-order valence-electron chi connectivity index (χ2n) is 7.84. The van der Waals surface area contributed by atoms with Crippen LogP contribution in [-0.4, -0.2) is 51.1 Å². The van der Waals surface area contributed by atoms with Gasteiger partial charge in [0.15, 0.2) is 11.5 Å². The summed E-state index contributed by atoms with van der Waals surface area (Å²) in [6.07, 6.45) is 3.68. The summed E-state index contributed by atoms with van der Waals surface area (Å²) in [5, 5.41) is 2.82. The first kappa shape index (κ1) is 23.2. The quantitative estimate of drug-likeness (QED) is 0.667. The fourth-order valence-corrected chi connectivity index (χ4v) is 3.83. The third-order valence-electron chi connectivity index (χ3n) is 5.46. The van der Waals surface area contributed by atoms with Crippen molar-refractivity contribution in [2.45, 2.75) is 19.8 Å². The van der Waals surface area contributed by atoms with E-state index >= 15 is 0 Å². The minimum Gasteiger partial charge on any atom is -0.493 e. The largest absolute Gasteiger partial charge is 0.493 e. The van der Waals surface area contributed by atoms with Gasteiger partial charge in [0, 0.05) is 18.7 Å². The summed E-state index contributed by atoms with van der Waals surface area (Å²) in [5.74, 6) is 1.24. The molecule has 0 spiro atoms. The van der Waals surface area contributed by atoms with Gasteiger partial charge in [-0.3, -0.25) is 9.59 Å². The van der Waals surface area contributed by atoms with Crippen LogP contribution in [0.25, 0.3) is 6.08 Å². The molecule has 1 N–H and O–H groups in total. The molecular weight excluding hydrogens is 408 g/mol. The van der Waals surface area contributed by atoms with Crippen molar-refractivity contribution >= 4 is 17.9 Å². The maximum atomic E-state index is 13.4. The molecule has 1 heterocycles. The van der Waals surface area contributed by atoms with Gasteiger partial charge in [-0.05, 0) is 54.7 Å². The summed E-state index contributed by atoms with van der Waals surface area (Å²) in [6, 6.07) is 12.3. The molecule has 1 unspecified atom stereocenters. The Bertz CT molecular complexity index is 962. The summed E-state index contributed by atoms with van der Waals surface area (Å²) in [5.41, 5.74) is 1.31. The van der Waals surface area contributed by atoms with Gasteiger partial charge in [-0.15, -0.1) is 0 Å². The zero-order valence-electron chi connectivity index (χ0n) is 19.0. The van der Waals surface area contributed by atoms with Crippen LogP contribution in [0.1, 0.15) is 35.7 Å². The van der Waals surface area contributed by atoms with E-state index in [9.17, 15) is 9.59 Å². The van der Waals surface area contributed by atoms with Crippen LogP contribution >= 0.6 is 0 Å². The lowest BCUT2D eigenvalue weighted by Gasteiger charge is -2.31. The summed E-state index contributed by atoms with van der Waals surface area (Å²) >= 11 is 0. The zero-order valence-corrected chi connectivity index (χ0v) is 19.0. The summed E-state index contributed by atoms with van der Waals surface area (Å²) in [7, 11) is 4.59. The Labute approximate surface area is 189 Å². The van der Waals surface area contributed by atoms with E-state index in [0.717, 1.165) is 12.8 Å². The number of carbonyl (C=O) groups is 2. The van der Waals surface area contributed by atoms with Crippen molar-refractivity contribution in [3.63, 3.8) is 0 Å². The van der Waals surface area contributed by atoms with E-state index in [-0.39, 0.29) is 17.5 Å². The van der Waals surface area contributed by atoms with Crippen molar-refractivity contribution in [2.24, 2.45) is 5.92 Å². The van der Waals surface area contributed by atoms with Gasteiger partial charge in [0.25, 0.3) is 11.8 Å². The van der Waals surface area contributed by atoms with Crippen molar-refractivity contribution in [1.82, 2.24) is 10.2 Å². The molecular formula is C25H30N2O5. The number of carbonyl (C=O) groups excluding carboxylic acids is 2. The molecule has 0 radical (unpaired) electrons. The van der Waals surface area contributed by atoms with E-state index in [2.05, 4.69) is 12.2 Å². The minimum absolute atomic E-state index is 0.197. The van der Waals surface area contributed by atoms with Crippen LogP contribution in [0.5, 0.6) is 17.2 Å². The van der Waals surface area contributed by atoms with Gasteiger partial charge >= 0.3 is 0 Å². The average Bonchev–Trinajstić information content (AvgIpc) is 2.82. The van der Waals surface area contributed by atoms with Crippen LogP contribution in [0.3, 0.4) is 0 Å². The van der Waals surface area contributed by atoms with Crippen LogP contribution in [-0.2, 0) is 4.79 Å². The minimum atomic E-state index is -0.345. The van der Waals surface area contributed by atoms with Crippen molar-refractivity contribution in [1.29, 1.82) is 0 Å². The van der Waals surface area contributed by atoms with E-state index in [0.29, 0.717) is 47.4 Å². The number of nitrogens with zero attached hydrogens (tertiary/aromatic N) is 1. The number of hydrogen-bond donors (Lipinski definition) is 1. The van der Waals surface area contributed by atoms with Crippen LogP contribution in [0, 0.1) is 5.92 Å². The molecule has 2 aromatic rings. The third-order valence-corrected chi connectivity index (χ3v) is 5.46. The molecule has 1 aliphatic heterocycles. The Morgan fingerprint density at radius 3 is 2.25 bits per heavy atom. The van der Waals surface area contributed by atoms with E-state index < -0.39 is 0 Å². The summed E-state index contributed by atoms with van der Waals surface area (Å²) < 4.78 is 16.2. The number of piperidine rings is 1.